The van der Waals surface area contributed by atoms with Crippen LogP contribution in [0.4, 0.5) is 4.39 Å². The smallest absolute Gasteiger partial charge is 0.287 e. The lowest BCUT2D eigenvalue weighted by atomic mass is 10.1. The van der Waals surface area contributed by atoms with Crippen LogP contribution in [0.2, 0.25) is 5.02 Å². The van der Waals surface area contributed by atoms with Crippen molar-refractivity contribution in [3.8, 4) is 5.69 Å². The summed E-state index contributed by atoms with van der Waals surface area (Å²) in [6.07, 6.45) is 2.91. The average Bonchev–Trinajstić information content (AvgIpc) is 2.61. The van der Waals surface area contributed by atoms with E-state index in [-0.39, 0.29) is 16.6 Å². The zero-order valence-corrected chi connectivity index (χ0v) is 14.4. The van der Waals surface area contributed by atoms with Gasteiger partial charge in [0, 0.05) is 23.0 Å². The van der Waals surface area contributed by atoms with Crippen LogP contribution in [0.15, 0.2) is 70.7 Å². The Balaban J connectivity index is 1.80. The van der Waals surface area contributed by atoms with Gasteiger partial charge in [0.15, 0.2) is 10.8 Å². The van der Waals surface area contributed by atoms with Crippen molar-refractivity contribution in [1.82, 2.24) is 9.55 Å². The highest BCUT2D eigenvalue weighted by atomic mass is 35.5. The van der Waals surface area contributed by atoms with Crippen LogP contribution in [0.5, 0.6) is 0 Å². The van der Waals surface area contributed by atoms with Crippen LogP contribution in [0, 0.1) is 5.82 Å². The minimum absolute atomic E-state index is 0.0665. The molecule has 0 aliphatic rings. The van der Waals surface area contributed by atoms with Crippen LogP contribution < -0.4 is 5.56 Å². The number of halogens is 2. The first kappa shape index (κ1) is 17.4. The van der Waals surface area contributed by atoms with E-state index in [1.165, 1.54) is 35.2 Å². The lowest BCUT2D eigenvalue weighted by Crippen LogP contribution is -2.21. The Morgan fingerprint density at radius 1 is 1.20 bits per heavy atom. The fourth-order valence-corrected chi connectivity index (χ4v) is 3.09. The van der Waals surface area contributed by atoms with Gasteiger partial charge in [-0.25, -0.2) is 9.37 Å². The van der Waals surface area contributed by atoms with Crippen molar-refractivity contribution < 1.29 is 9.18 Å². The zero-order valence-electron chi connectivity index (χ0n) is 12.9. The third-order valence-electron chi connectivity index (χ3n) is 3.40. The number of hydrogen-bond acceptors (Lipinski definition) is 4. The lowest BCUT2D eigenvalue weighted by Gasteiger charge is -2.07. The van der Waals surface area contributed by atoms with Gasteiger partial charge in [-0.2, -0.15) is 0 Å². The standard InChI is InChI=1S/C18H12ClFN2O2S/c19-13-6-4-12(5-7-13)16(23)11-25-17-18(24)22(9-8-21-17)15-3-1-2-14(20)10-15/h1-10H,11H2. The van der Waals surface area contributed by atoms with E-state index < -0.39 is 11.4 Å². The number of carbonyl (C=O) groups is 1. The van der Waals surface area contributed by atoms with Gasteiger partial charge in [-0.05, 0) is 42.5 Å². The van der Waals surface area contributed by atoms with Gasteiger partial charge in [-0.3, -0.25) is 14.2 Å². The molecule has 0 aliphatic heterocycles. The summed E-state index contributed by atoms with van der Waals surface area (Å²) in [5.74, 6) is -0.505. The molecule has 7 heteroatoms. The predicted octanol–water partition coefficient (Wildman–Crippen LogP) is 4.00. The maximum absolute atomic E-state index is 13.4. The molecule has 0 atom stereocenters. The Kier molecular flexibility index (Phi) is 5.31. The summed E-state index contributed by atoms with van der Waals surface area (Å²) in [5.41, 5.74) is 0.513. The fourth-order valence-electron chi connectivity index (χ4n) is 2.17. The Bertz CT molecular complexity index is 973. The maximum atomic E-state index is 13.4. The Morgan fingerprint density at radius 3 is 2.68 bits per heavy atom. The monoisotopic (exact) mass is 374 g/mol. The van der Waals surface area contributed by atoms with Gasteiger partial charge in [-0.1, -0.05) is 29.4 Å². The van der Waals surface area contributed by atoms with E-state index in [1.807, 2.05) is 0 Å². The Morgan fingerprint density at radius 2 is 1.96 bits per heavy atom. The Labute approximate surface area is 152 Å². The fraction of sp³-hybridized carbons (Fsp3) is 0.0556. The number of ketones is 1. The van der Waals surface area contributed by atoms with E-state index in [0.717, 1.165) is 11.8 Å². The van der Waals surface area contributed by atoms with Crippen molar-refractivity contribution in [1.29, 1.82) is 0 Å². The first-order valence-corrected chi connectivity index (χ1v) is 8.66. The van der Waals surface area contributed by atoms with Crippen LogP contribution in [-0.4, -0.2) is 21.1 Å². The summed E-state index contributed by atoms with van der Waals surface area (Å²) in [4.78, 5) is 28.7. The van der Waals surface area contributed by atoms with Crippen molar-refractivity contribution in [2.45, 2.75) is 5.03 Å². The lowest BCUT2D eigenvalue weighted by molar-refractivity contribution is 0.102. The Hall–Kier alpha value is -2.44. The van der Waals surface area contributed by atoms with Crippen LogP contribution in [0.25, 0.3) is 5.69 Å². The third-order valence-corrected chi connectivity index (χ3v) is 4.61. The van der Waals surface area contributed by atoms with Gasteiger partial charge in [0.1, 0.15) is 5.82 Å². The molecule has 0 N–H and O–H groups in total. The topological polar surface area (TPSA) is 52.0 Å². The first-order chi connectivity index (χ1) is 12.0. The molecule has 4 nitrogen and oxygen atoms in total. The van der Waals surface area contributed by atoms with Crippen LogP contribution >= 0.6 is 23.4 Å². The van der Waals surface area contributed by atoms with E-state index in [9.17, 15) is 14.0 Å². The summed E-state index contributed by atoms with van der Waals surface area (Å²) in [6.45, 7) is 0. The van der Waals surface area contributed by atoms with Crippen molar-refractivity contribution in [2.75, 3.05) is 5.75 Å². The number of hydrogen-bond donors (Lipinski definition) is 0. The molecule has 0 aliphatic carbocycles. The second-order valence-electron chi connectivity index (χ2n) is 5.11. The van der Waals surface area contributed by atoms with E-state index in [2.05, 4.69) is 4.98 Å². The maximum Gasteiger partial charge on any atom is 0.287 e. The molecule has 25 heavy (non-hydrogen) atoms. The van der Waals surface area contributed by atoms with Gasteiger partial charge < -0.3 is 0 Å². The number of rotatable bonds is 5. The number of nitrogens with zero attached hydrogens (tertiary/aromatic N) is 2. The molecule has 3 aromatic rings. The molecule has 0 unspecified atom stereocenters. The first-order valence-electron chi connectivity index (χ1n) is 7.30. The minimum Gasteiger partial charge on any atom is -0.293 e. The highest BCUT2D eigenvalue weighted by Gasteiger charge is 2.12. The largest absolute Gasteiger partial charge is 0.293 e. The number of aromatic nitrogens is 2. The second kappa shape index (κ2) is 7.63. The van der Waals surface area contributed by atoms with E-state index in [1.54, 1.807) is 30.3 Å². The van der Waals surface area contributed by atoms with Crippen molar-refractivity contribution in [3.05, 3.63) is 87.7 Å². The molecule has 0 amide bonds. The molecule has 126 valence electrons. The molecule has 0 saturated carbocycles. The molecule has 0 saturated heterocycles. The molecular formula is C18H12ClFN2O2S. The third kappa shape index (κ3) is 4.15. The highest BCUT2D eigenvalue weighted by Crippen LogP contribution is 2.16. The number of carbonyl (C=O) groups excluding carboxylic acids is 1. The number of Topliss-reactive ketones (excluding diaryl/α,β-unsaturated/α-hetero) is 1. The molecular weight excluding hydrogens is 363 g/mol. The van der Waals surface area contributed by atoms with Gasteiger partial charge in [0.05, 0.1) is 11.4 Å². The SMILES string of the molecule is O=C(CSc1nccn(-c2cccc(F)c2)c1=O)c1ccc(Cl)cc1. The number of benzene rings is 2. The molecule has 1 heterocycles. The summed E-state index contributed by atoms with van der Waals surface area (Å²) in [5, 5.41) is 0.723. The quantitative estimate of drug-likeness (QED) is 0.500. The molecule has 2 aromatic carbocycles. The minimum atomic E-state index is -0.437. The van der Waals surface area contributed by atoms with Gasteiger partial charge in [-0.15, -0.1) is 0 Å². The highest BCUT2D eigenvalue weighted by molar-refractivity contribution is 7.99. The number of thioether (sulfide) groups is 1. The predicted molar refractivity (Wildman–Crippen MR) is 96.3 cm³/mol. The summed E-state index contributed by atoms with van der Waals surface area (Å²) >= 11 is 6.85. The van der Waals surface area contributed by atoms with E-state index in [4.69, 9.17) is 11.6 Å². The van der Waals surface area contributed by atoms with Crippen LogP contribution in [0.1, 0.15) is 10.4 Å². The van der Waals surface area contributed by atoms with Crippen molar-refractivity contribution >= 4 is 29.1 Å². The summed E-state index contributed by atoms with van der Waals surface area (Å²) < 4.78 is 14.7. The van der Waals surface area contributed by atoms with Crippen LogP contribution in [0.3, 0.4) is 0 Å². The normalized spacial score (nSPS) is 10.6. The molecule has 0 spiro atoms. The van der Waals surface area contributed by atoms with Crippen molar-refractivity contribution in [3.63, 3.8) is 0 Å². The summed E-state index contributed by atoms with van der Waals surface area (Å²) in [7, 11) is 0. The second-order valence-corrected chi connectivity index (χ2v) is 6.51. The van der Waals surface area contributed by atoms with Gasteiger partial charge in [0.25, 0.3) is 5.56 Å². The molecule has 0 fully saturated rings. The van der Waals surface area contributed by atoms with E-state index in [0.29, 0.717) is 16.3 Å². The molecule has 1 aromatic heterocycles. The average molecular weight is 375 g/mol. The summed E-state index contributed by atoms with van der Waals surface area (Å²) in [6, 6.07) is 12.2. The van der Waals surface area contributed by atoms with E-state index >= 15 is 0 Å². The molecule has 0 bridgehead atoms. The van der Waals surface area contributed by atoms with Gasteiger partial charge in [0.2, 0.25) is 0 Å². The molecule has 3 rings (SSSR count). The zero-order chi connectivity index (χ0) is 17.8. The van der Waals surface area contributed by atoms with Gasteiger partial charge >= 0.3 is 0 Å². The van der Waals surface area contributed by atoms with Crippen LogP contribution in [-0.2, 0) is 0 Å². The van der Waals surface area contributed by atoms with Crippen molar-refractivity contribution in [2.24, 2.45) is 0 Å². The molecule has 0 radical (unpaired) electrons.